The summed E-state index contributed by atoms with van der Waals surface area (Å²) in [5, 5.41) is 13.0. The maximum atomic E-state index is 11.8. The first-order chi connectivity index (χ1) is 9.95. The highest BCUT2D eigenvalue weighted by molar-refractivity contribution is 5.85. The van der Waals surface area contributed by atoms with Gasteiger partial charge in [-0.25, -0.2) is 4.79 Å². The summed E-state index contributed by atoms with van der Waals surface area (Å²) in [6, 6.07) is 5.15. The second-order valence-electron chi connectivity index (χ2n) is 7.66. The predicted octanol–water partition coefficient (Wildman–Crippen LogP) is 3.51. The molecule has 0 aromatic heterocycles. The number of hydrogen-bond donors (Lipinski definition) is 3. The van der Waals surface area contributed by atoms with Crippen LogP contribution in [0.5, 0.6) is 5.75 Å². The summed E-state index contributed by atoms with van der Waals surface area (Å²) in [6.45, 7) is 9.35. The van der Waals surface area contributed by atoms with Gasteiger partial charge >= 0.3 is 6.09 Å². The molecule has 1 aromatic carbocycles. The van der Waals surface area contributed by atoms with E-state index in [0.29, 0.717) is 5.69 Å². The topological polar surface area (TPSA) is 84.6 Å². The lowest BCUT2D eigenvalue weighted by Crippen LogP contribution is -2.45. The highest BCUT2D eigenvalue weighted by atomic mass is 16.6. The lowest BCUT2D eigenvalue weighted by atomic mass is 9.79. The van der Waals surface area contributed by atoms with Gasteiger partial charge in [0, 0.05) is 28.3 Å². The number of hydrogen-bond acceptors (Lipinski definition) is 4. The second kappa shape index (κ2) is 5.16. The van der Waals surface area contributed by atoms with E-state index in [4.69, 9.17) is 10.5 Å². The SMILES string of the molecule is CC(C)(C)OC(=O)Nc1ccc(C2(C(C)(C)N)CC2)c(O)c1. The number of phenolic OH excluding ortho intramolecular Hbond substituents is 1. The van der Waals surface area contributed by atoms with E-state index in [2.05, 4.69) is 5.32 Å². The van der Waals surface area contributed by atoms with Gasteiger partial charge in [-0.15, -0.1) is 0 Å². The van der Waals surface area contributed by atoms with Gasteiger partial charge in [-0.2, -0.15) is 0 Å². The third kappa shape index (κ3) is 3.35. The van der Waals surface area contributed by atoms with Gasteiger partial charge in [0.25, 0.3) is 0 Å². The van der Waals surface area contributed by atoms with Crippen LogP contribution in [0.25, 0.3) is 0 Å². The summed E-state index contributed by atoms with van der Waals surface area (Å²) in [5.41, 5.74) is 6.47. The van der Waals surface area contributed by atoms with Crippen molar-refractivity contribution in [3.63, 3.8) is 0 Å². The van der Waals surface area contributed by atoms with Crippen LogP contribution in [-0.4, -0.2) is 22.3 Å². The van der Waals surface area contributed by atoms with Gasteiger partial charge in [0.15, 0.2) is 0 Å². The minimum atomic E-state index is -0.562. The summed E-state index contributed by atoms with van der Waals surface area (Å²) in [6.07, 6.45) is 1.38. The lowest BCUT2D eigenvalue weighted by Gasteiger charge is -2.32. The first kappa shape index (κ1) is 16.6. The number of benzene rings is 1. The average Bonchev–Trinajstić information content (AvgIpc) is 3.06. The number of carbonyl (C=O) groups is 1. The Bertz CT molecular complexity index is 579. The zero-order valence-electron chi connectivity index (χ0n) is 14.0. The minimum Gasteiger partial charge on any atom is -0.508 e. The van der Waals surface area contributed by atoms with E-state index < -0.39 is 17.2 Å². The van der Waals surface area contributed by atoms with Crippen molar-refractivity contribution in [1.29, 1.82) is 0 Å². The molecule has 0 unspecified atom stereocenters. The number of nitrogens with one attached hydrogen (secondary N) is 1. The third-order valence-corrected chi connectivity index (χ3v) is 4.14. The summed E-state index contributed by atoms with van der Waals surface area (Å²) < 4.78 is 5.19. The highest BCUT2D eigenvalue weighted by Gasteiger charge is 2.54. The van der Waals surface area contributed by atoms with E-state index in [0.717, 1.165) is 18.4 Å². The molecule has 0 radical (unpaired) electrons. The quantitative estimate of drug-likeness (QED) is 0.798. The maximum Gasteiger partial charge on any atom is 0.412 e. The number of carbonyl (C=O) groups excluding carboxylic acids is 1. The van der Waals surface area contributed by atoms with Crippen molar-refractivity contribution in [2.45, 2.75) is 64.0 Å². The molecular formula is C17H26N2O3. The van der Waals surface area contributed by atoms with Crippen molar-refractivity contribution < 1.29 is 14.6 Å². The van der Waals surface area contributed by atoms with Crippen LogP contribution in [0.15, 0.2) is 18.2 Å². The molecule has 2 rings (SSSR count). The largest absolute Gasteiger partial charge is 0.508 e. The molecule has 0 saturated heterocycles. The van der Waals surface area contributed by atoms with Crippen LogP contribution in [0, 0.1) is 0 Å². The molecule has 0 spiro atoms. The van der Waals surface area contributed by atoms with Crippen molar-refractivity contribution in [2.24, 2.45) is 5.73 Å². The fourth-order valence-electron chi connectivity index (χ4n) is 2.82. The molecule has 1 aliphatic rings. The molecule has 1 saturated carbocycles. The van der Waals surface area contributed by atoms with Crippen molar-refractivity contribution in [1.82, 2.24) is 0 Å². The van der Waals surface area contributed by atoms with E-state index in [9.17, 15) is 9.90 Å². The molecular weight excluding hydrogens is 280 g/mol. The Morgan fingerprint density at radius 1 is 1.27 bits per heavy atom. The van der Waals surface area contributed by atoms with Crippen LogP contribution in [0.1, 0.15) is 53.0 Å². The zero-order chi connectivity index (χ0) is 16.8. The van der Waals surface area contributed by atoms with Gasteiger partial charge in [0.05, 0.1) is 0 Å². The Kier molecular flexibility index (Phi) is 3.90. The Labute approximate surface area is 131 Å². The van der Waals surface area contributed by atoms with Crippen LogP contribution in [-0.2, 0) is 10.2 Å². The first-order valence-corrected chi connectivity index (χ1v) is 7.57. The number of anilines is 1. The number of phenols is 1. The zero-order valence-corrected chi connectivity index (χ0v) is 14.0. The summed E-state index contributed by atoms with van der Waals surface area (Å²) >= 11 is 0. The second-order valence-corrected chi connectivity index (χ2v) is 7.66. The molecule has 0 atom stereocenters. The van der Waals surface area contributed by atoms with Crippen molar-refractivity contribution in [2.75, 3.05) is 5.32 Å². The van der Waals surface area contributed by atoms with Gasteiger partial charge in [-0.1, -0.05) is 6.07 Å². The molecule has 0 aliphatic heterocycles. The number of aromatic hydroxyl groups is 1. The fraction of sp³-hybridized carbons (Fsp3) is 0.588. The molecule has 0 bridgehead atoms. The number of rotatable bonds is 3. The molecule has 22 heavy (non-hydrogen) atoms. The standard InChI is InChI=1S/C17H26N2O3/c1-15(2,3)22-14(21)19-11-6-7-12(13(20)10-11)17(8-9-17)16(4,5)18/h6-7,10,20H,8-9,18H2,1-5H3,(H,19,21). The highest BCUT2D eigenvalue weighted by Crippen LogP contribution is 2.57. The van der Waals surface area contributed by atoms with Gasteiger partial charge in [-0.05, 0) is 53.5 Å². The minimum absolute atomic E-state index is 0.157. The Morgan fingerprint density at radius 3 is 2.27 bits per heavy atom. The summed E-state index contributed by atoms with van der Waals surface area (Å²) in [7, 11) is 0. The first-order valence-electron chi connectivity index (χ1n) is 7.57. The molecule has 0 heterocycles. The number of ether oxygens (including phenoxy) is 1. The Morgan fingerprint density at radius 2 is 1.86 bits per heavy atom. The van der Waals surface area contributed by atoms with E-state index in [1.807, 2.05) is 19.9 Å². The van der Waals surface area contributed by atoms with Crippen LogP contribution in [0.4, 0.5) is 10.5 Å². The monoisotopic (exact) mass is 306 g/mol. The number of nitrogens with two attached hydrogens (primary N) is 1. The molecule has 1 aliphatic carbocycles. The van der Waals surface area contributed by atoms with E-state index >= 15 is 0 Å². The van der Waals surface area contributed by atoms with Crippen LogP contribution < -0.4 is 11.1 Å². The van der Waals surface area contributed by atoms with Gasteiger partial charge < -0.3 is 15.6 Å². The average molecular weight is 306 g/mol. The van der Waals surface area contributed by atoms with Crippen LogP contribution >= 0.6 is 0 Å². The molecule has 4 N–H and O–H groups in total. The van der Waals surface area contributed by atoms with E-state index in [1.165, 1.54) is 0 Å². The van der Waals surface area contributed by atoms with E-state index in [-0.39, 0.29) is 11.2 Å². The molecule has 1 fully saturated rings. The summed E-state index contributed by atoms with van der Waals surface area (Å²) in [4.78, 5) is 11.8. The van der Waals surface area contributed by atoms with Gasteiger partial charge in [0.2, 0.25) is 0 Å². The third-order valence-electron chi connectivity index (χ3n) is 4.14. The van der Waals surface area contributed by atoms with Crippen molar-refractivity contribution >= 4 is 11.8 Å². The van der Waals surface area contributed by atoms with E-state index in [1.54, 1.807) is 32.9 Å². The molecule has 1 amide bonds. The Hall–Kier alpha value is -1.75. The smallest absolute Gasteiger partial charge is 0.412 e. The van der Waals surface area contributed by atoms with Crippen LogP contribution in [0.3, 0.4) is 0 Å². The fourth-order valence-corrected chi connectivity index (χ4v) is 2.82. The van der Waals surface area contributed by atoms with Gasteiger partial charge in [-0.3, -0.25) is 5.32 Å². The lowest BCUT2D eigenvalue weighted by molar-refractivity contribution is 0.0636. The Balaban J connectivity index is 2.16. The van der Waals surface area contributed by atoms with Crippen molar-refractivity contribution in [3.05, 3.63) is 23.8 Å². The maximum absolute atomic E-state index is 11.8. The van der Waals surface area contributed by atoms with Crippen LogP contribution in [0.2, 0.25) is 0 Å². The van der Waals surface area contributed by atoms with Crippen molar-refractivity contribution in [3.8, 4) is 5.75 Å². The summed E-state index contributed by atoms with van der Waals surface area (Å²) in [5.74, 6) is 0.157. The van der Waals surface area contributed by atoms with Gasteiger partial charge in [0.1, 0.15) is 11.4 Å². The molecule has 1 aromatic rings. The number of amides is 1. The molecule has 122 valence electrons. The normalized spacial score (nSPS) is 17.0. The molecule has 5 nitrogen and oxygen atoms in total. The molecule has 5 heteroatoms. The predicted molar refractivity (Wildman–Crippen MR) is 87.1 cm³/mol.